The summed E-state index contributed by atoms with van der Waals surface area (Å²) < 4.78 is 5.86. The van der Waals surface area contributed by atoms with Gasteiger partial charge in [-0.05, 0) is 73.9 Å². The lowest BCUT2D eigenvalue weighted by atomic mass is 9.93. The van der Waals surface area contributed by atoms with E-state index in [9.17, 15) is 9.59 Å². The highest BCUT2D eigenvalue weighted by Gasteiger charge is 2.23. The summed E-state index contributed by atoms with van der Waals surface area (Å²) in [7, 11) is 0. The molecule has 2 amide bonds. The van der Waals surface area contributed by atoms with Gasteiger partial charge in [0.1, 0.15) is 12.4 Å². The fourth-order valence-corrected chi connectivity index (χ4v) is 5.25. The van der Waals surface area contributed by atoms with Crippen LogP contribution in [0, 0.1) is 5.92 Å². The Morgan fingerprint density at radius 1 is 1.00 bits per heavy atom. The maximum atomic E-state index is 13.2. The highest BCUT2D eigenvalue weighted by Crippen LogP contribution is 2.25. The number of carbonyl (C=O) groups is 2. The second-order valence-electron chi connectivity index (χ2n) is 9.69. The molecule has 2 aliphatic rings. The van der Waals surface area contributed by atoms with E-state index in [0.29, 0.717) is 36.8 Å². The minimum atomic E-state index is 0.0678. The normalized spacial score (nSPS) is 18.6. The molecular weight excluding hydrogens is 438 g/mol. The maximum Gasteiger partial charge on any atom is 0.253 e. The molecule has 0 aliphatic carbocycles. The monoisotopic (exact) mass is 471 g/mol. The van der Waals surface area contributed by atoms with E-state index >= 15 is 0 Å². The minimum Gasteiger partial charge on any atom is -0.492 e. The van der Waals surface area contributed by atoms with Gasteiger partial charge < -0.3 is 14.5 Å². The van der Waals surface area contributed by atoms with Crippen LogP contribution in [0.3, 0.4) is 0 Å². The summed E-state index contributed by atoms with van der Waals surface area (Å²) >= 11 is 0. The van der Waals surface area contributed by atoms with Crippen LogP contribution in [0.5, 0.6) is 5.75 Å². The van der Waals surface area contributed by atoms with Crippen molar-refractivity contribution in [3.63, 3.8) is 0 Å². The number of hydrogen-bond acceptors (Lipinski definition) is 4. The predicted molar refractivity (Wildman–Crippen MR) is 136 cm³/mol. The average Bonchev–Trinajstić information content (AvgIpc) is 3.15. The topological polar surface area (TPSA) is 62.7 Å². The molecular formula is C29H33N3O3. The smallest absolute Gasteiger partial charge is 0.253 e. The zero-order valence-electron chi connectivity index (χ0n) is 20.2. The van der Waals surface area contributed by atoms with Crippen LogP contribution in [-0.4, -0.2) is 59.4 Å². The van der Waals surface area contributed by atoms with Crippen molar-refractivity contribution in [1.29, 1.82) is 0 Å². The van der Waals surface area contributed by atoms with Crippen molar-refractivity contribution in [2.45, 2.75) is 38.5 Å². The summed E-state index contributed by atoms with van der Waals surface area (Å²) in [4.78, 5) is 33.5. The zero-order chi connectivity index (χ0) is 24.0. The molecule has 0 N–H and O–H groups in total. The van der Waals surface area contributed by atoms with Gasteiger partial charge in [-0.2, -0.15) is 0 Å². The third kappa shape index (κ3) is 5.81. The highest BCUT2D eigenvalue weighted by molar-refractivity contribution is 5.94. The van der Waals surface area contributed by atoms with E-state index in [0.717, 1.165) is 57.3 Å². The van der Waals surface area contributed by atoms with Gasteiger partial charge in [0.2, 0.25) is 5.91 Å². The Labute approximate surface area is 206 Å². The van der Waals surface area contributed by atoms with E-state index in [1.54, 1.807) is 0 Å². The van der Waals surface area contributed by atoms with Gasteiger partial charge in [0, 0.05) is 43.2 Å². The zero-order valence-corrected chi connectivity index (χ0v) is 20.2. The first-order chi connectivity index (χ1) is 17.2. The number of aromatic nitrogens is 1. The molecule has 1 atom stereocenters. The average molecular weight is 472 g/mol. The highest BCUT2D eigenvalue weighted by atomic mass is 16.5. The molecule has 0 radical (unpaired) electrons. The lowest BCUT2D eigenvalue weighted by Crippen LogP contribution is -2.32. The van der Waals surface area contributed by atoms with Gasteiger partial charge in [-0.1, -0.05) is 24.3 Å². The first-order valence-electron chi connectivity index (χ1n) is 12.8. The van der Waals surface area contributed by atoms with Crippen molar-refractivity contribution in [3.05, 3.63) is 71.9 Å². The molecule has 0 saturated carbocycles. The standard InChI is InChI=1S/C29H33N3O3/c33-28-11-5-13-31(28)16-17-35-26-9-3-8-25(20-26)29(34)32-14-4-6-22(12-15-32)18-23-19-24-7-1-2-10-27(24)30-21-23/h1-3,7-10,19-22H,4-6,11-18H2/t22-/m0/s1. The van der Waals surface area contributed by atoms with Gasteiger partial charge in [0.05, 0.1) is 12.1 Å². The van der Waals surface area contributed by atoms with E-state index in [-0.39, 0.29) is 11.8 Å². The summed E-state index contributed by atoms with van der Waals surface area (Å²) in [5.74, 6) is 1.50. The number of hydrogen-bond donors (Lipinski definition) is 0. The van der Waals surface area contributed by atoms with Gasteiger partial charge in [0.25, 0.3) is 5.91 Å². The third-order valence-corrected chi connectivity index (χ3v) is 7.19. The predicted octanol–water partition coefficient (Wildman–Crippen LogP) is 4.72. The number of ether oxygens (including phenoxy) is 1. The molecule has 0 unspecified atom stereocenters. The van der Waals surface area contributed by atoms with Crippen molar-refractivity contribution < 1.29 is 14.3 Å². The van der Waals surface area contributed by atoms with Crippen LogP contribution in [-0.2, 0) is 11.2 Å². The Morgan fingerprint density at radius 2 is 1.91 bits per heavy atom. The second kappa shape index (κ2) is 10.9. The van der Waals surface area contributed by atoms with Crippen LogP contribution >= 0.6 is 0 Å². The quantitative estimate of drug-likeness (QED) is 0.500. The number of para-hydroxylation sites is 1. The molecule has 3 heterocycles. The maximum absolute atomic E-state index is 13.2. The first-order valence-corrected chi connectivity index (χ1v) is 12.8. The van der Waals surface area contributed by atoms with Crippen LogP contribution in [0.1, 0.15) is 48.0 Å². The van der Waals surface area contributed by atoms with Gasteiger partial charge in [-0.3, -0.25) is 14.6 Å². The molecule has 1 aromatic heterocycles. The Bertz CT molecular complexity index is 1190. The lowest BCUT2D eigenvalue weighted by Gasteiger charge is -2.21. The summed E-state index contributed by atoms with van der Waals surface area (Å²) in [5.41, 5.74) is 2.97. The Morgan fingerprint density at radius 3 is 2.80 bits per heavy atom. The van der Waals surface area contributed by atoms with Gasteiger partial charge in [0.15, 0.2) is 0 Å². The molecule has 6 nitrogen and oxygen atoms in total. The van der Waals surface area contributed by atoms with Crippen molar-refractivity contribution in [3.8, 4) is 5.75 Å². The number of pyridine rings is 1. The Kier molecular flexibility index (Phi) is 7.26. The fraction of sp³-hybridized carbons (Fsp3) is 0.414. The number of amides is 2. The number of fused-ring (bicyclic) bond motifs is 1. The summed E-state index contributed by atoms with van der Waals surface area (Å²) in [6.07, 6.45) is 7.70. The molecule has 35 heavy (non-hydrogen) atoms. The largest absolute Gasteiger partial charge is 0.492 e. The molecule has 182 valence electrons. The molecule has 0 bridgehead atoms. The Balaban J connectivity index is 1.15. The summed E-state index contributed by atoms with van der Waals surface area (Å²) in [6, 6.07) is 17.9. The van der Waals surface area contributed by atoms with Crippen LogP contribution in [0.4, 0.5) is 0 Å². The second-order valence-corrected chi connectivity index (χ2v) is 9.69. The molecule has 3 aromatic rings. The summed E-state index contributed by atoms with van der Waals surface area (Å²) in [5, 5.41) is 1.18. The van der Waals surface area contributed by atoms with Crippen LogP contribution in [0.25, 0.3) is 10.9 Å². The minimum absolute atomic E-state index is 0.0678. The van der Waals surface area contributed by atoms with Crippen LogP contribution < -0.4 is 4.74 Å². The number of rotatable bonds is 7. The van der Waals surface area contributed by atoms with Crippen LogP contribution in [0.15, 0.2) is 60.8 Å². The molecule has 6 heteroatoms. The molecule has 2 fully saturated rings. The van der Waals surface area contributed by atoms with Gasteiger partial charge in [-0.25, -0.2) is 0 Å². The van der Waals surface area contributed by atoms with Crippen molar-refractivity contribution in [1.82, 2.24) is 14.8 Å². The molecule has 2 saturated heterocycles. The number of likely N-dealkylation sites (tertiary alicyclic amines) is 2. The van der Waals surface area contributed by atoms with Crippen molar-refractivity contribution in [2.75, 3.05) is 32.8 Å². The van der Waals surface area contributed by atoms with Gasteiger partial charge >= 0.3 is 0 Å². The number of nitrogens with zero attached hydrogens (tertiary/aromatic N) is 3. The molecule has 5 rings (SSSR count). The summed E-state index contributed by atoms with van der Waals surface area (Å²) in [6.45, 7) is 3.41. The fourth-order valence-electron chi connectivity index (χ4n) is 5.25. The van der Waals surface area contributed by atoms with E-state index in [2.05, 4.69) is 23.2 Å². The van der Waals surface area contributed by atoms with E-state index in [1.807, 2.05) is 52.4 Å². The van der Waals surface area contributed by atoms with E-state index < -0.39 is 0 Å². The number of benzene rings is 2. The van der Waals surface area contributed by atoms with E-state index in [1.165, 1.54) is 10.9 Å². The lowest BCUT2D eigenvalue weighted by molar-refractivity contribution is -0.128. The molecule has 2 aliphatic heterocycles. The molecule has 2 aromatic carbocycles. The van der Waals surface area contributed by atoms with Crippen molar-refractivity contribution in [2.24, 2.45) is 5.92 Å². The first kappa shape index (κ1) is 23.3. The van der Waals surface area contributed by atoms with Gasteiger partial charge in [-0.15, -0.1) is 0 Å². The van der Waals surface area contributed by atoms with E-state index in [4.69, 9.17) is 4.74 Å². The Hall–Kier alpha value is -3.41. The third-order valence-electron chi connectivity index (χ3n) is 7.19. The number of carbonyl (C=O) groups excluding carboxylic acids is 2. The van der Waals surface area contributed by atoms with Crippen LogP contribution in [0.2, 0.25) is 0 Å². The SMILES string of the molecule is O=C1CCCN1CCOc1cccc(C(=O)N2CCC[C@H](Cc3cnc4ccccc4c3)CC2)c1. The van der Waals surface area contributed by atoms with Crippen molar-refractivity contribution >= 4 is 22.7 Å². The molecule has 0 spiro atoms.